The number of nitrogens with zero attached hydrogens (tertiary/aromatic N) is 3. The molecule has 1 saturated carbocycles. The summed E-state index contributed by atoms with van der Waals surface area (Å²) >= 11 is 7.21. The second-order valence-electron chi connectivity index (χ2n) is 8.84. The number of aromatic nitrogens is 1. The van der Waals surface area contributed by atoms with Crippen molar-refractivity contribution in [3.8, 4) is 0 Å². The third-order valence-corrected chi connectivity index (χ3v) is 7.39. The zero-order valence-corrected chi connectivity index (χ0v) is 20.2. The Kier molecular flexibility index (Phi) is 6.67. The van der Waals surface area contributed by atoms with E-state index in [0.717, 1.165) is 31.2 Å². The van der Waals surface area contributed by atoms with Gasteiger partial charge in [0, 0.05) is 36.1 Å². The number of hydrogen-bond acceptors (Lipinski definition) is 7. The molecule has 0 spiro atoms. The van der Waals surface area contributed by atoms with Crippen molar-refractivity contribution in [3.05, 3.63) is 46.4 Å². The van der Waals surface area contributed by atoms with Crippen LogP contribution in [0.3, 0.4) is 0 Å². The summed E-state index contributed by atoms with van der Waals surface area (Å²) < 4.78 is 6.01. The quantitative estimate of drug-likeness (QED) is 0.586. The van der Waals surface area contributed by atoms with E-state index >= 15 is 0 Å². The van der Waals surface area contributed by atoms with Crippen LogP contribution in [0.2, 0.25) is 4.34 Å². The second kappa shape index (κ2) is 9.85. The van der Waals surface area contributed by atoms with Gasteiger partial charge in [-0.15, -0.1) is 0 Å². The molecule has 0 bridgehead atoms. The maximum atomic E-state index is 13.4. The van der Waals surface area contributed by atoms with Crippen LogP contribution < -0.4 is 10.6 Å². The third kappa shape index (κ3) is 5.16. The topological polar surface area (TPSA) is 95.9 Å². The molecule has 178 valence electrons. The fourth-order valence-corrected chi connectivity index (χ4v) is 5.08. The SMILES string of the molecule is C=C1c2ccc(C(=O)NC3CC3)cc2N=CN1C(CC1CCOCC1)C(=O)Nc1ncc(Cl)s1. The van der Waals surface area contributed by atoms with Gasteiger partial charge in [-0.2, -0.15) is 0 Å². The maximum absolute atomic E-state index is 13.4. The van der Waals surface area contributed by atoms with Gasteiger partial charge in [-0.1, -0.05) is 29.5 Å². The summed E-state index contributed by atoms with van der Waals surface area (Å²) in [5.41, 5.74) is 2.71. The van der Waals surface area contributed by atoms with E-state index in [1.165, 1.54) is 17.5 Å². The molecule has 2 aromatic rings. The van der Waals surface area contributed by atoms with Crippen molar-refractivity contribution < 1.29 is 14.3 Å². The molecule has 1 aromatic heterocycles. The van der Waals surface area contributed by atoms with Crippen molar-refractivity contribution in [1.82, 2.24) is 15.2 Å². The molecule has 8 nitrogen and oxygen atoms in total. The van der Waals surface area contributed by atoms with E-state index in [2.05, 4.69) is 27.2 Å². The lowest BCUT2D eigenvalue weighted by Gasteiger charge is -2.35. The number of carbonyl (C=O) groups is 2. The Morgan fingerprint density at radius 1 is 1.26 bits per heavy atom. The molecule has 5 rings (SSSR count). The van der Waals surface area contributed by atoms with Crippen molar-refractivity contribution in [2.24, 2.45) is 10.9 Å². The van der Waals surface area contributed by atoms with Gasteiger partial charge in [0.25, 0.3) is 5.91 Å². The van der Waals surface area contributed by atoms with Crippen LogP contribution in [0.4, 0.5) is 10.8 Å². The van der Waals surface area contributed by atoms with Crippen molar-refractivity contribution in [2.45, 2.75) is 44.2 Å². The van der Waals surface area contributed by atoms with Crippen LogP contribution in [-0.2, 0) is 9.53 Å². The first-order valence-corrected chi connectivity index (χ1v) is 12.6. The van der Waals surface area contributed by atoms with Gasteiger partial charge in [0.2, 0.25) is 5.91 Å². The summed E-state index contributed by atoms with van der Waals surface area (Å²) in [6.45, 7) is 5.67. The van der Waals surface area contributed by atoms with Gasteiger partial charge in [-0.05, 0) is 56.2 Å². The van der Waals surface area contributed by atoms with Crippen molar-refractivity contribution in [3.63, 3.8) is 0 Å². The van der Waals surface area contributed by atoms with Crippen LogP contribution in [0.5, 0.6) is 0 Å². The van der Waals surface area contributed by atoms with E-state index in [9.17, 15) is 9.59 Å². The van der Waals surface area contributed by atoms with Crippen LogP contribution in [0, 0.1) is 5.92 Å². The van der Waals surface area contributed by atoms with E-state index in [1.54, 1.807) is 18.5 Å². The van der Waals surface area contributed by atoms with Gasteiger partial charge in [-0.25, -0.2) is 9.98 Å². The zero-order chi connectivity index (χ0) is 23.7. The van der Waals surface area contributed by atoms with Crippen LogP contribution in [0.1, 0.15) is 48.0 Å². The number of carbonyl (C=O) groups excluding carboxylic acids is 2. The highest BCUT2D eigenvalue weighted by atomic mass is 35.5. The molecule has 1 aromatic carbocycles. The summed E-state index contributed by atoms with van der Waals surface area (Å²) in [5.74, 6) is 0.0712. The van der Waals surface area contributed by atoms with Gasteiger partial charge in [0.05, 0.1) is 18.2 Å². The summed E-state index contributed by atoms with van der Waals surface area (Å²) in [6.07, 6.45) is 7.67. The molecule has 1 aliphatic carbocycles. The smallest absolute Gasteiger partial charge is 0.251 e. The number of halogens is 1. The average Bonchev–Trinajstić information content (AvgIpc) is 3.57. The van der Waals surface area contributed by atoms with Crippen molar-refractivity contribution >= 4 is 57.6 Å². The molecule has 10 heteroatoms. The minimum Gasteiger partial charge on any atom is -0.381 e. The molecule has 0 radical (unpaired) electrons. The van der Waals surface area contributed by atoms with Crippen LogP contribution >= 0.6 is 22.9 Å². The van der Waals surface area contributed by atoms with Gasteiger partial charge in [-0.3, -0.25) is 9.59 Å². The van der Waals surface area contributed by atoms with Crippen molar-refractivity contribution in [2.75, 3.05) is 18.5 Å². The van der Waals surface area contributed by atoms with E-state index in [4.69, 9.17) is 16.3 Å². The summed E-state index contributed by atoms with van der Waals surface area (Å²) in [5, 5.41) is 6.35. The first kappa shape index (κ1) is 23.0. The number of fused-ring (bicyclic) bond motifs is 1. The van der Waals surface area contributed by atoms with Crippen LogP contribution in [-0.4, -0.2) is 53.3 Å². The van der Waals surface area contributed by atoms with E-state index < -0.39 is 6.04 Å². The molecule has 3 aliphatic rings. The Balaban J connectivity index is 1.37. The summed E-state index contributed by atoms with van der Waals surface area (Å²) in [4.78, 5) is 36.4. The third-order valence-electron chi connectivity index (χ3n) is 6.36. The Morgan fingerprint density at radius 3 is 2.76 bits per heavy atom. The Morgan fingerprint density at radius 2 is 2.06 bits per heavy atom. The van der Waals surface area contributed by atoms with E-state index in [-0.39, 0.29) is 17.9 Å². The standard InChI is InChI=1S/C24H26ClN5O3S/c1-14-18-5-2-16(22(31)28-17-3-4-17)11-19(18)27-13-30(14)20(10-15-6-8-33-9-7-15)23(32)29-24-26-12-21(25)34-24/h2,5,11-13,15,17,20H,1,3-4,6-10H2,(H,28,31)(H,26,29,32). The molecule has 2 amide bonds. The molecular weight excluding hydrogens is 474 g/mol. The van der Waals surface area contributed by atoms with Gasteiger partial charge < -0.3 is 20.3 Å². The number of ether oxygens (including phenoxy) is 1. The monoisotopic (exact) mass is 499 g/mol. The zero-order valence-electron chi connectivity index (χ0n) is 18.6. The molecule has 3 heterocycles. The van der Waals surface area contributed by atoms with Gasteiger partial charge in [0.15, 0.2) is 5.13 Å². The maximum Gasteiger partial charge on any atom is 0.251 e. The average molecular weight is 500 g/mol. The molecule has 2 fully saturated rings. The lowest BCUT2D eigenvalue weighted by Crippen LogP contribution is -2.44. The number of hydrogen-bond donors (Lipinski definition) is 2. The highest BCUT2D eigenvalue weighted by Gasteiger charge is 2.33. The van der Waals surface area contributed by atoms with Crippen LogP contribution in [0.25, 0.3) is 5.70 Å². The Bertz CT molecular complexity index is 1140. The first-order chi connectivity index (χ1) is 16.5. The second-order valence-corrected chi connectivity index (χ2v) is 10.5. The molecule has 2 aliphatic heterocycles. The van der Waals surface area contributed by atoms with Crippen LogP contribution in [0.15, 0.2) is 36.0 Å². The van der Waals surface area contributed by atoms with Crippen molar-refractivity contribution in [1.29, 1.82) is 0 Å². The lowest BCUT2D eigenvalue weighted by atomic mass is 9.90. The minimum absolute atomic E-state index is 0.0903. The fourth-order valence-electron chi connectivity index (χ4n) is 4.27. The normalized spacial score (nSPS) is 19.0. The number of nitrogens with one attached hydrogen (secondary N) is 2. The fraction of sp³-hybridized carbons (Fsp3) is 0.417. The highest BCUT2D eigenvalue weighted by molar-refractivity contribution is 7.19. The largest absolute Gasteiger partial charge is 0.381 e. The number of thiazole rings is 1. The van der Waals surface area contributed by atoms with Gasteiger partial charge in [0.1, 0.15) is 10.4 Å². The predicted octanol–water partition coefficient (Wildman–Crippen LogP) is 4.46. The highest BCUT2D eigenvalue weighted by Crippen LogP contribution is 2.36. The summed E-state index contributed by atoms with van der Waals surface area (Å²) in [7, 11) is 0. The molecule has 1 saturated heterocycles. The van der Waals surface area contributed by atoms with E-state index in [0.29, 0.717) is 52.0 Å². The minimum atomic E-state index is -0.520. The lowest BCUT2D eigenvalue weighted by molar-refractivity contribution is -0.120. The molecule has 34 heavy (non-hydrogen) atoms. The Labute approximate surface area is 207 Å². The van der Waals surface area contributed by atoms with Gasteiger partial charge >= 0.3 is 0 Å². The molecule has 1 unspecified atom stereocenters. The number of rotatable bonds is 7. The molecule has 1 atom stereocenters. The molecular formula is C24H26ClN5O3S. The number of anilines is 1. The predicted molar refractivity (Wildman–Crippen MR) is 134 cm³/mol. The van der Waals surface area contributed by atoms with E-state index in [1.807, 2.05) is 11.0 Å². The summed E-state index contributed by atoms with van der Waals surface area (Å²) in [6, 6.07) is 5.18. The number of amides is 2. The number of benzene rings is 1. The number of aliphatic imine (C=N–C) groups is 1. The Hall–Kier alpha value is -2.75. The first-order valence-electron chi connectivity index (χ1n) is 11.4. The molecule has 2 N–H and O–H groups in total.